The van der Waals surface area contributed by atoms with E-state index >= 15 is 0 Å². The highest BCUT2D eigenvalue weighted by Gasteiger charge is 1.94. The van der Waals surface area contributed by atoms with E-state index in [1.54, 1.807) is 0 Å². The molecule has 0 amide bonds. The summed E-state index contributed by atoms with van der Waals surface area (Å²) in [5, 5.41) is 7.42. The summed E-state index contributed by atoms with van der Waals surface area (Å²) in [6.07, 6.45) is 8.09. The zero-order valence-electron chi connectivity index (χ0n) is 10.4. The predicted molar refractivity (Wildman–Crippen MR) is 63.2 cm³/mol. The lowest BCUT2D eigenvalue weighted by molar-refractivity contribution is -0.134. The van der Waals surface area contributed by atoms with Crippen molar-refractivity contribution in [2.24, 2.45) is 0 Å². The fraction of sp³-hybridized carbons (Fsp3) is 0.917. The summed E-state index contributed by atoms with van der Waals surface area (Å²) in [6, 6.07) is 0. The largest absolute Gasteiger partial charge is 0.481 e. The average molecular weight is 218 g/mol. The van der Waals surface area contributed by atoms with Gasteiger partial charge in [-0.3, -0.25) is 4.79 Å². The summed E-state index contributed by atoms with van der Waals surface area (Å²) in [7, 11) is 0. The van der Waals surface area contributed by atoms with Crippen LogP contribution in [0.3, 0.4) is 0 Å². The van der Waals surface area contributed by atoms with Crippen molar-refractivity contribution in [2.45, 2.75) is 59.3 Å². The monoisotopic (exact) mass is 218 g/mol. The Bertz CT molecular complexity index is 104. The first kappa shape index (κ1) is 16.8. The third kappa shape index (κ3) is 31.8. The summed E-state index contributed by atoms with van der Waals surface area (Å²) < 4.78 is 4.94. The molecule has 0 bridgehead atoms. The second-order valence-corrected chi connectivity index (χ2v) is 3.55. The fourth-order valence-electron chi connectivity index (χ4n) is 1.01. The molecular formula is C12H26O3. The normalized spacial score (nSPS) is 13.3. The third-order valence-corrected chi connectivity index (χ3v) is 1.78. The van der Waals surface area contributed by atoms with E-state index in [2.05, 4.69) is 13.8 Å². The highest BCUT2D eigenvalue weighted by Crippen LogP contribution is 1.98. The van der Waals surface area contributed by atoms with Crippen LogP contribution >= 0.6 is 0 Å². The van der Waals surface area contributed by atoms with Crippen LogP contribution in [0.2, 0.25) is 0 Å². The fourth-order valence-corrected chi connectivity index (χ4v) is 1.01. The Morgan fingerprint density at radius 2 is 1.47 bits per heavy atom. The van der Waals surface area contributed by atoms with E-state index in [1.807, 2.05) is 0 Å². The van der Waals surface area contributed by atoms with E-state index < -0.39 is 5.97 Å². The Labute approximate surface area is 93.8 Å². The molecule has 1 rings (SSSR count). The van der Waals surface area contributed by atoms with Gasteiger partial charge in [0.05, 0.1) is 0 Å². The van der Waals surface area contributed by atoms with Crippen molar-refractivity contribution in [2.75, 3.05) is 13.2 Å². The molecule has 1 aliphatic heterocycles. The van der Waals surface area contributed by atoms with Crippen molar-refractivity contribution in [3.8, 4) is 0 Å². The van der Waals surface area contributed by atoms with Gasteiger partial charge in [-0.05, 0) is 12.8 Å². The number of hydrogen-bond donors (Lipinski definition) is 1. The van der Waals surface area contributed by atoms with Gasteiger partial charge in [0, 0.05) is 20.1 Å². The van der Waals surface area contributed by atoms with E-state index in [4.69, 9.17) is 14.6 Å². The molecule has 0 aromatic heterocycles. The van der Waals surface area contributed by atoms with E-state index in [-0.39, 0.29) is 0 Å². The van der Waals surface area contributed by atoms with Crippen molar-refractivity contribution in [3.63, 3.8) is 0 Å². The SMILES string of the molecule is C1CCOC1.CC(=O)O.CCCCCC. The van der Waals surface area contributed by atoms with Crippen LogP contribution < -0.4 is 0 Å². The Hall–Kier alpha value is -0.570. The van der Waals surface area contributed by atoms with Gasteiger partial charge in [-0.15, -0.1) is 0 Å². The van der Waals surface area contributed by atoms with Crippen molar-refractivity contribution in [3.05, 3.63) is 0 Å². The molecule has 0 aromatic carbocycles. The lowest BCUT2D eigenvalue weighted by atomic mass is 10.2. The number of aliphatic carboxylic acids is 1. The molecule has 0 spiro atoms. The zero-order chi connectivity index (χ0) is 11.9. The van der Waals surface area contributed by atoms with Gasteiger partial charge >= 0.3 is 0 Å². The smallest absolute Gasteiger partial charge is 0.300 e. The van der Waals surface area contributed by atoms with Gasteiger partial charge in [-0.25, -0.2) is 0 Å². The number of carbonyl (C=O) groups is 1. The van der Waals surface area contributed by atoms with Crippen LogP contribution in [0, 0.1) is 0 Å². The second-order valence-electron chi connectivity index (χ2n) is 3.55. The van der Waals surface area contributed by atoms with Crippen molar-refractivity contribution >= 4 is 5.97 Å². The number of rotatable bonds is 3. The minimum atomic E-state index is -0.833. The Kier molecular flexibility index (Phi) is 17.8. The maximum atomic E-state index is 9.00. The first-order valence-electron chi connectivity index (χ1n) is 5.92. The molecule has 92 valence electrons. The van der Waals surface area contributed by atoms with Gasteiger partial charge in [0.1, 0.15) is 0 Å². The minimum absolute atomic E-state index is 0.833. The van der Waals surface area contributed by atoms with Crippen molar-refractivity contribution < 1.29 is 14.6 Å². The molecule has 3 heteroatoms. The Balaban J connectivity index is 0. The van der Waals surface area contributed by atoms with Crippen LogP contribution in [-0.4, -0.2) is 24.3 Å². The molecule has 1 fully saturated rings. The number of unbranched alkanes of at least 4 members (excludes halogenated alkanes) is 3. The molecule has 1 heterocycles. The van der Waals surface area contributed by atoms with E-state index in [0.717, 1.165) is 20.1 Å². The summed E-state index contributed by atoms with van der Waals surface area (Å²) >= 11 is 0. The summed E-state index contributed by atoms with van der Waals surface area (Å²) in [4.78, 5) is 9.00. The number of ether oxygens (including phenoxy) is 1. The van der Waals surface area contributed by atoms with Gasteiger partial charge in [0.25, 0.3) is 5.97 Å². The van der Waals surface area contributed by atoms with Gasteiger partial charge < -0.3 is 9.84 Å². The van der Waals surface area contributed by atoms with Gasteiger partial charge in [0.2, 0.25) is 0 Å². The van der Waals surface area contributed by atoms with E-state index in [1.165, 1.54) is 38.5 Å². The highest BCUT2D eigenvalue weighted by atomic mass is 16.5. The maximum Gasteiger partial charge on any atom is 0.300 e. The summed E-state index contributed by atoms with van der Waals surface area (Å²) in [5.41, 5.74) is 0. The molecule has 1 aliphatic rings. The molecule has 3 nitrogen and oxygen atoms in total. The number of carboxylic acids is 1. The third-order valence-electron chi connectivity index (χ3n) is 1.78. The highest BCUT2D eigenvalue weighted by molar-refractivity contribution is 5.62. The zero-order valence-corrected chi connectivity index (χ0v) is 10.4. The van der Waals surface area contributed by atoms with Crippen molar-refractivity contribution in [1.82, 2.24) is 0 Å². The molecule has 1 saturated heterocycles. The molecular weight excluding hydrogens is 192 g/mol. The van der Waals surface area contributed by atoms with E-state index in [0.29, 0.717) is 0 Å². The average Bonchev–Trinajstić information content (AvgIpc) is 2.71. The lowest BCUT2D eigenvalue weighted by Crippen LogP contribution is -1.78. The molecule has 15 heavy (non-hydrogen) atoms. The molecule has 0 atom stereocenters. The predicted octanol–water partition coefficient (Wildman–Crippen LogP) is 3.47. The quantitative estimate of drug-likeness (QED) is 0.738. The van der Waals surface area contributed by atoms with Gasteiger partial charge in [-0.1, -0.05) is 39.5 Å². The van der Waals surface area contributed by atoms with Crippen LogP contribution in [0.15, 0.2) is 0 Å². The van der Waals surface area contributed by atoms with E-state index in [9.17, 15) is 0 Å². The van der Waals surface area contributed by atoms with Crippen LogP contribution in [-0.2, 0) is 9.53 Å². The molecule has 0 aliphatic carbocycles. The molecule has 0 saturated carbocycles. The maximum absolute atomic E-state index is 9.00. The first-order valence-corrected chi connectivity index (χ1v) is 5.92. The molecule has 0 aromatic rings. The Morgan fingerprint density at radius 1 is 1.13 bits per heavy atom. The molecule has 1 N–H and O–H groups in total. The van der Waals surface area contributed by atoms with Crippen LogP contribution in [0.5, 0.6) is 0 Å². The van der Waals surface area contributed by atoms with Crippen molar-refractivity contribution in [1.29, 1.82) is 0 Å². The first-order chi connectivity index (χ1) is 7.15. The van der Waals surface area contributed by atoms with Gasteiger partial charge in [-0.2, -0.15) is 0 Å². The Morgan fingerprint density at radius 3 is 1.60 bits per heavy atom. The van der Waals surface area contributed by atoms with Gasteiger partial charge in [0.15, 0.2) is 0 Å². The molecule has 0 radical (unpaired) electrons. The van der Waals surface area contributed by atoms with Crippen LogP contribution in [0.4, 0.5) is 0 Å². The van der Waals surface area contributed by atoms with Crippen LogP contribution in [0.1, 0.15) is 59.3 Å². The second kappa shape index (κ2) is 15.9. The standard InChI is InChI=1S/C6H14.C4H8O.C2H4O2/c1-3-5-6-4-2;1-2-4-5-3-1;1-2(3)4/h3-6H2,1-2H3;1-4H2;1H3,(H,3,4). The molecule has 0 unspecified atom stereocenters. The lowest BCUT2D eigenvalue weighted by Gasteiger charge is -1.86. The number of hydrogen-bond acceptors (Lipinski definition) is 2. The minimum Gasteiger partial charge on any atom is -0.481 e. The number of carboxylic acid groups (broad SMARTS) is 1. The van der Waals surface area contributed by atoms with Crippen LogP contribution in [0.25, 0.3) is 0 Å². The topological polar surface area (TPSA) is 46.5 Å². The summed E-state index contributed by atoms with van der Waals surface area (Å²) in [6.45, 7) is 7.55. The summed E-state index contributed by atoms with van der Waals surface area (Å²) in [5.74, 6) is -0.833.